The smallest absolute Gasteiger partial charge is 0.290 e. The summed E-state index contributed by atoms with van der Waals surface area (Å²) in [6, 6.07) is 15.8. The lowest BCUT2D eigenvalue weighted by Crippen LogP contribution is -2.40. The van der Waals surface area contributed by atoms with Crippen molar-refractivity contribution < 1.29 is 26.8 Å². The quantitative estimate of drug-likeness (QED) is 0.577. The highest BCUT2D eigenvalue weighted by Gasteiger charge is 2.36. The zero-order valence-electron chi connectivity index (χ0n) is 17.0. The van der Waals surface area contributed by atoms with E-state index in [9.17, 15) is 17.6 Å². The predicted molar refractivity (Wildman–Crippen MR) is 114 cm³/mol. The molecule has 4 rings (SSSR count). The Kier molecular flexibility index (Phi) is 5.82. The first kappa shape index (κ1) is 21.1. The van der Waals surface area contributed by atoms with E-state index in [0.29, 0.717) is 23.5 Å². The number of ether oxygens (including phenoxy) is 1. The molecule has 2 heterocycles. The number of benzene rings is 2. The SMILES string of the molecule is COc1ccc(CN(C(=O)c2ccc(-c3ccc(F)cc3)o2)C2CCS(=O)(=O)C2)cc1. The fourth-order valence-electron chi connectivity index (χ4n) is 3.68. The van der Waals surface area contributed by atoms with Gasteiger partial charge >= 0.3 is 0 Å². The maximum Gasteiger partial charge on any atom is 0.290 e. The van der Waals surface area contributed by atoms with Crippen LogP contribution in [0.3, 0.4) is 0 Å². The minimum absolute atomic E-state index is 0.0586. The summed E-state index contributed by atoms with van der Waals surface area (Å²) < 4.78 is 48.2. The van der Waals surface area contributed by atoms with Crippen molar-refractivity contribution in [3.8, 4) is 17.1 Å². The molecule has 2 aromatic carbocycles. The van der Waals surface area contributed by atoms with Crippen molar-refractivity contribution in [3.05, 3.63) is 77.8 Å². The highest BCUT2D eigenvalue weighted by atomic mass is 32.2. The monoisotopic (exact) mass is 443 g/mol. The summed E-state index contributed by atoms with van der Waals surface area (Å²) in [5.74, 6) is 0.485. The number of carbonyl (C=O) groups is 1. The van der Waals surface area contributed by atoms with Crippen LogP contribution in [-0.2, 0) is 16.4 Å². The molecule has 1 atom stereocenters. The van der Waals surface area contributed by atoms with Gasteiger partial charge in [-0.05, 0) is 60.5 Å². The molecule has 1 amide bonds. The number of rotatable bonds is 6. The van der Waals surface area contributed by atoms with Crippen LogP contribution >= 0.6 is 0 Å². The topological polar surface area (TPSA) is 76.8 Å². The average Bonchev–Trinajstić information content (AvgIpc) is 3.39. The van der Waals surface area contributed by atoms with Crippen molar-refractivity contribution >= 4 is 15.7 Å². The van der Waals surface area contributed by atoms with E-state index >= 15 is 0 Å². The van der Waals surface area contributed by atoms with Crippen LogP contribution in [0.2, 0.25) is 0 Å². The van der Waals surface area contributed by atoms with Crippen LogP contribution in [0.5, 0.6) is 5.75 Å². The van der Waals surface area contributed by atoms with Crippen LogP contribution in [-0.4, -0.2) is 43.9 Å². The molecule has 1 aliphatic heterocycles. The zero-order valence-corrected chi connectivity index (χ0v) is 17.8. The second-order valence-corrected chi connectivity index (χ2v) is 9.74. The molecule has 1 aliphatic rings. The molecule has 3 aromatic rings. The van der Waals surface area contributed by atoms with E-state index in [1.807, 2.05) is 12.1 Å². The van der Waals surface area contributed by atoms with Gasteiger partial charge in [0.1, 0.15) is 17.3 Å². The van der Waals surface area contributed by atoms with Crippen molar-refractivity contribution in [1.82, 2.24) is 4.90 Å². The molecule has 0 spiro atoms. The molecule has 6 nitrogen and oxygen atoms in total. The molecule has 0 aliphatic carbocycles. The Bertz CT molecular complexity index is 1170. The van der Waals surface area contributed by atoms with Gasteiger partial charge in [-0.2, -0.15) is 0 Å². The maximum absolute atomic E-state index is 13.3. The molecule has 0 radical (unpaired) electrons. The summed E-state index contributed by atoms with van der Waals surface area (Å²) in [6.07, 6.45) is 0.385. The van der Waals surface area contributed by atoms with Gasteiger partial charge < -0.3 is 14.1 Å². The molecule has 1 aromatic heterocycles. The van der Waals surface area contributed by atoms with Crippen molar-refractivity contribution in [3.63, 3.8) is 0 Å². The lowest BCUT2D eigenvalue weighted by Gasteiger charge is -2.27. The Morgan fingerprint density at radius 2 is 1.81 bits per heavy atom. The van der Waals surface area contributed by atoms with Gasteiger partial charge in [0.05, 0.1) is 18.6 Å². The Morgan fingerprint density at radius 1 is 1.10 bits per heavy atom. The van der Waals surface area contributed by atoms with Gasteiger partial charge in [0.25, 0.3) is 5.91 Å². The van der Waals surface area contributed by atoms with Crippen molar-refractivity contribution in [1.29, 1.82) is 0 Å². The van der Waals surface area contributed by atoms with Crippen LogP contribution in [0, 0.1) is 5.82 Å². The second-order valence-electron chi connectivity index (χ2n) is 7.51. The van der Waals surface area contributed by atoms with Crippen molar-refractivity contribution in [2.45, 2.75) is 19.0 Å². The Morgan fingerprint density at radius 3 is 2.42 bits per heavy atom. The molecule has 1 fully saturated rings. The number of nitrogens with zero attached hydrogens (tertiary/aromatic N) is 1. The normalized spacial score (nSPS) is 17.4. The number of sulfone groups is 1. The molecule has 0 bridgehead atoms. The molecule has 1 saturated heterocycles. The van der Waals surface area contributed by atoms with Crippen LogP contribution in [0.15, 0.2) is 65.1 Å². The van der Waals surface area contributed by atoms with Gasteiger partial charge in [-0.15, -0.1) is 0 Å². The first-order chi connectivity index (χ1) is 14.8. The predicted octanol–water partition coefficient (Wildman–Crippen LogP) is 3.92. The number of halogens is 1. The molecule has 162 valence electrons. The Balaban J connectivity index is 1.61. The van der Waals surface area contributed by atoms with E-state index in [-0.39, 0.29) is 35.5 Å². The molecule has 1 unspecified atom stereocenters. The second kappa shape index (κ2) is 8.55. The molecule has 0 saturated carbocycles. The van der Waals surface area contributed by atoms with E-state index in [2.05, 4.69) is 0 Å². The molecule has 8 heteroatoms. The molecular formula is C23H22FNO5S. The summed E-state index contributed by atoms with van der Waals surface area (Å²) in [4.78, 5) is 14.9. The van der Waals surface area contributed by atoms with Crippen LogP contribution in [0.1, 0.15) is 22.5 Å². The largest absolute Gasteiger partial charge is 0.497 e. The summed E-state index contributed by atoms with van der Waals surface area (Å²) in [6.45, 7) is 0.246. The Labute approximate surface area is 180 Å². The lowest BCUT2D eigenvalue weighted by molar-refractivity contribution is 0.0649. The summed E-state index contributed by atoms with van der Waals surface area (Å²) in [7, 11) is -1.61. The summed E-state index contributed by atoms with van der Waals surface area (Å²) in [5.41, 5.74) is 1.49. The highest BCUT2D eigenvalue weighted by Crippen LogP contribution is 2.27. The van der Waals surface area contributed by atoms with Gasteiger partial charge in [-0.1, -0.05) is 12.1 Å². The number of amides is 1. The third-order valence-electron chi connectivity index (χ3n) is 5.37. The number of hydrogen-bond acceptors (Lipinski definition) is 5. The van der Waals surface area contributed by atoms with Crippen LogP contribution < -0.4 is 4.74 Å². The van der Waals surface area contributed by atoms with E-state index in [0.717, 1.165) is 5.56 Å². The number of methoxy groups -OCH3 is 1. The highest BCUT2D eigenvalue weighted by molar-refractivity contribution is 7.91. The fourth-order valence-corrected chi connectivity index (χ4v) is 5.41. The standard InChI is InChI=1S/C23H22FNO5S/c1-29-20-8-2-16(3-9-20)14-25(19-12-13-31(27,28)15-19)23(26)22-11-10-21(30-22)17-4-6-18(24)7-5-17/h2-11,19H,12-15H2,1H3. The average molecular weight is 443 g/mol. The first-order valence-electron chi connectivity index (χ1n) is 9.85. The van der Waals surface area contributed by atoms with Gasteiger partial charge in [0.2, 0.25) is 0 Å². The minimum Gasteiger partial charge on any atom is -0.497 e. The number of furan rings is 1. The molecule has 31 heavy (non-hydrogen) atoms. The van der Waals surface area contributed by atoms with Crippen molar-refractivity contribution in [2.75, 3.05) is 18.6 Å². The van der Waals surface area contributed by atoms with Crippen molar-refractivity contribution in [2.24, 2.45) is 0 Å². The van der Waals surface area contributed by atoms with E-state index in [4.69, 9.17) is 9.15 Å². The maximum atomic E-state index is 13.3. The molecular weight excluding hydrogens is 421 g/mol. The Hall–Kier alpha value is -3.13. The zero-order chi connectivity index (χ0) is 22.0. The van der Waals surface area contributed by atoms with E-state index in [1.165, 1.54) is 12.1 Å². The van der Waals surface area contributed by atoms with Crippen LogP contribution in [0.25, 0.3) is 11.3 Å². The van der Waals surface area contributed by atoms with Gasteiger partial charge in [0, 0.05) is 18.2 Å². The number of carbonyl (C=O) groups excluding carboxylic acids is 1. The third kappa shape index (κ3) is 4.80. The van der Waals surface area contributed by atoms with Gasteiger partial charge in [-0.25, -0.2) is 12.8 Å². The fraction of sp³-hybridized carbons (Fsp3) is 0.261. The first-order valence-corrected chi connectivity index (χ1v) is 11.7. The van der Waals surface area contributed by atoms with E-state index < -0.39 is 15.9 Å². The van der Waals surface area contributed by atoms with Gasteiger partial charge in [0.15, 0.2) is 15.6 Å². The molecule has 0 N–H and O–H groups in total. The van der Waals surface area contributed by atoms with E-state index in [1.54, 1.807) is 48.4 Å². The minimum atomic E-state index is -3.18. The lowest BCUT2D eigenvalue weighted by atomic mass is 10.1. The van der Waals surface area contributed by atoms with Gasteiger partial charge in [-0.3, -0.25) is 4.79 Å². The third-order valence-corrected chi connectivity index (χ3v) is 7.12. The number of hydrogen-bond donors (Lipinski definition) is 0. The summed E-state index contributed by atoms with van der Waals surface area (Å²) >= 11 is 0. The van der Waals surface area contributed by atoms with Crippen LogP contribution in [0.4, 0.5) is 4.39 Å². The summed E-state index contributed by atoms with van der Waals surface area (Å²) in [5, 5.41) is 0.